The Bertz CT molecular complexity index is 1230. The zero-order chi connectivity index (χ0) is 27.3. The summed E-state index contributed by atoms with van der Waals surface area (Å²) in [5, 5.41) is 3.61. The van der Waals surface area contributed by atoms with E-state index < -0.39 is 10.0 Å². The van der Waals surface area contributed by atoms with Gasteiger partial charge in [0.15, 0.2) is 0 Å². The number of benzene rings is 1. The molecule has 1 fully saturated rings. The molecule has 38 heavy (non-hydrogen) atoms. The molecular formula is C28H40N4O4S2. The third-order valence-corrected chi connectivity index (χ3v) is 10.3. The predicted octanol–water partition coefficient (Wildman–Crippen LogP) is 4.82. The van der Waals surface area contributed by atoms with Crippen molar-refractivity contribution in [3.05, 3.63) is 45.8 Å². The minimum absolute atomic E-state index is 0.0162. The zero-order valence-corrected chi connectivity index (χ0v) is 24.4. The molecular weight excluding hydrogens is 520 g/mol. The lowest BCUT2D eigenvalue weighted by Gasteiger charge is -2.27. The van der Waals surface area contributed by atoms with Crippen molar-refractivity contribution in [1.29, 1.82) is 0 Å². The summed E-state index contributed by atoms with van der Waals surface area (Å²) >= 11 is 1.50. The summed E-state index contributed by atoms with van der Waals surface area (Å²) in [7, 11) is -3.54. The molecule has 2 aromatic rings. The third kappa shape index (κ3) is 6.14. The number of rotatable bonds is 11. The van der Waals surface area contributed by atoms with Gasteiger partial charge in [-0.2, -0.15) is 4.31 Å². The Labute approximate surface area is 231 Å². The molecule has 1 aromatic heterocycles. The van der Waals surface area contributed by atoms with Gasteiger partial charge in [-0.3, -0.25) is 14.5 Å². The summed E-state index contributed by atoms with van der Waals surface area (Å²) in [4.78, 5) is 32.7. The summed E-state index contributed by atoms with van der Waals surface area (Å²) in [5.41, 5.74) is 2.05. The van der Waals surface area contributed by atoms with Crippen LogP contribution in [0.3, 0.4) is 0 Å². The minimum Gasteiger partial charge on any atom is -0.339 e. The molecule has 4 rings (SSSR count). The highest BCUT2D eigenvalue weighted by atomic mass is 32.2. The van der Waals surface area contributed by atoms with E-state index in [0.717, 1.165) is 68.6 Å². The molecule has 0 aliphatic carbocycles. The largest absolute Gasteiger partial charge is 0.339 e. The van der Waals surface area contributed by atoms with E-state index in [1.807, 2.05) is 4.90 Å². The van der Waals surface area contributed by atoms with Gasteiger partial charge in [0.25, 0.3) is 11.8 Å². The van der Waals surface area contributed by atoms with Crippen molar-refractivity contribution in [1.82, 2.24) is 14.1 Å². The summed E-state index contributed by atoms with van der Waals surface area (Å²) in [6.45, 7) is 11.4. The third-order valence-electron chi connectivity index (χ3n) is 7.21. The fourth-order valence-corrected chi connectivity index (χ4v) is 8.12. The van der Waals surface area contributed by atoms with Crippen molar-refractivity contribution in [3.8, 4) is 0 Å². The molecule has 3 heterocycles. The topological polar surface area (TPSA) is 90.0 Å². The van der Waals surface area contributed by atoms with Crippen LogP contribution in [0.15, 0.2) is 29.2 Å². The number of carbonyl (C=O) groups is 2. The summed E-state index contributed by atoms with van der Waals surface area (Å²) in [6, 6.07) is 6.11. The zero-order valence-electron chi connectivity index (χ0n) is 22.8. The Morgan fingerprint density at radius 3 is 2.24 bits per heavy atom. The molecule has 8 nitrogen and oxygen atoms in total. The van der Waals surface area contributed by atoms with Crippen LogP contribution in [0.4, 0.5) is 5.00 Å². The monoisotopic (exact) mass is 560 g/mol. The molecule has 1 aromatic carbocycles. The first-order valence-electron chi connectivity index (χ1n) is 13.9. The fraction of sp³-hybridized carbons (Fsp3) is 0.571. The van der Waals surface area contributed by atoms with E-state index in [0.29, 0.717) is 42.3 Å². The number of thiophene rings is 1. The van der Waals surface area contributed by atoms with Crippen LogP contribution in [0.5, 0.6) is 0 Å². The summed E-state index contributed by atoms with van der Waals surface area (Å²) in [5.74, 6) is -0.358. The molecule has 10 heteroatoms. The Balaban J connectivity index is 1.60. The average Bonchev–Trinajstić information content (AvgIpc) is 3.57. The van der Waals surface area contributed by atoms with Crippen molar-refractivity contribution >= 4 is 38.2 Å². The second-order valence-electron chi connectivity index (χ2n) is 10.1. The molecule has 1 N–H and O–H groups in total. The average molecular weight is 561 g/mol. The van der Waals surface area contributed by atoms with Crippen LogP contribution in [0.25, 0.3) is 0 Å². The van der Waals surface area contributed by atoms with Crippen LogP contribution in [0.1, 0.15) is 84.0 Å². The van der Waals surface area contributed by atoms with Crippen LogP contribution in [-0.2, 0) is 23.0 Å². The molecule has 2 amide bonds. The maximum Gasteiger partial charge on any atom is 0.257 e. The fourth-order valence-electron chi connectivity index (χ4n) is 5.32. The Morgan fingerprint density at radius 1 is 0.974 bits per heavy atom. The van der Waals surface area contributed by atoms with Crippen LogP contribution >= 0.6 is 11.3 Å². The lowest BCUT2D eigenvalue weighted by atomic mass is 10.0. The number of anilines is 1. The van der Waals surface area contributed by atoms with E-state index in [2.05, 4.69) is 31.0 Å². The number of carbonyl (C=O) groups excluding carboxylic acids is 2. The second kappa shape index (κ2) is 12.7. The van der Waals surface area contributed by atoms with E-state index in [9.17, 15) is 18.0 Å². The lowest BCUT2D eigenvalue weighted by Crippen LogP contribution is -2.35. The second-order valence-corrected chi connectivity index (χ2v) is 13.2. The van der Waals surface area contributed by atoms with E-state index in [1.54, 1.807) is 12.1 Å². The van der Waals surface area contributed by atoms with E-state index in [4.69, 9.17) is 0 Å². The molecule has 0 saturated carbocycles. The highest BCUT2D eigenvalue weighted by molar-refractivity contribution is 7.89. The lowest BCUT2D eigenvalue weighted by molar-refractivity contribution is 0.0755. The molecule has 0 unspecified atom stereocenters. The highest BCUT2D eigenvalue weighted by Crippen LogP contribution is 2.38. The van der Waals surface area contributed by atoms with Gasteiger partial charge in [-0.25, -0.2) is 8.42 Å². The molecule has 2 aliphatic rings. The van der Waals surface area contributed by atoms with Crippen LogP contribution in [-0.4, -0.2) is 73.6 Å². The first-order valence-corrected chi connectivity index (χ1v) is 16.1. The van der Waals surface area contributed by atoms with Crippen molar-refractivity contribution in [2.24, 2.45) is 0 Å². The van der Waals surface area contributed by atoms with E-state index in [-0.39, 0.29) is 16.7 Å². The van der Waals surface area contributed by atoms with Crippen molar-refractivity contribution in [2.45, 2.75) is 70.7 Å². The molecule has 0 spiro atoms. The normalized spacial score (nSPS) is 16.4. The van der Waals surface area contributed by atoms with Gasteiger partial charge in [-0.15, -0.1) is 11.3 Å². The van der Waals surface area contributed by atoms with Gasteiger partial charge in [0, 0.05) is 49.7 Å². The number of nitrogens with zero attached hydrogens (tertiary/aromatic N) is 3. The van der Waals surface area contributed by atoms with Gasteiger partial charge >= 0.3 is 0 Å². The van der Waals surface area contributed by atoms with Gasteiger partial charge < -0.3 is 10.2 Å². The number of amides is 2. The van der Waals surface area contributed by atoms with Crippen LogP contribution in [0, 0.1) is 0 Å². The molecule has 0 atom stereocenters. The van der Waals surface area contributed by atoms with E-state index in [1.165, 1.54) is 27.8 Å². The number of hydrogen-bond donors (Lipinski definition) is 1. The number of hydrogen-bond acceptors (Lipinski definition) is 6. The predicted molar refractivity (Wildman–Crippen MR) is 152 cm³/mol. The van der Waals surface area contributed by atoms with Crippen molar-refractivity contribution < 1.29 is 18.0 Å². The first-order chi connectivity index (χ1) is 18.3. The van der Waals surface area contributed by atoms with Crippen molar-refractivity contribution in [3.63, 3.8) is 0 Å². The van der Waals surface area contributed by atoms with E-state index >= 15 is 0 Å². The minimum atomic E-state index is -3.54. The Hall–Kier alpha value is -2.27. The number of sulfonamides is 1. The van der Waals surface area contributed by atoms with Gasteiger partial charge in [-0.1, -0.05) is 20.8 Å². The maximum absolute atomic E-state index is 13.8. The maximum atomic E-state index is 13.8. The molecule has 0 bridgehead atoms. The van der Waals surface area contributed by atoms with Crippen molar-refractivity contribution in [2.75, 3.05) is 44.6 Å². The number of nitrogens with one attached hydrogen (secondary N) is 1. The van der Waals surface area contributed by atoms with Crippen LogP contribution < -0.4 is 5.32 Å². The summed E-state index contributed by atoms with van der Waals surface area (Å²) < 4.78 is 27.2. The first kappa shape index (κ1) is 28.7. The molecule has 1 saturated heterocycles. The van der Waals surface area contributed by atoms with Gasteiger partial charge in [0.05, 0.1) is 10.5 Å². The highest BCUT2D eigenvalue weighted by Gasteiger charge is 2.31. The van der Waals surface area contributed by atoms with Gasteiger partial charge in [0.2, 0.25) is 10.0 Å². The quantitative estimate of drug-likeness (QED) is 0.426. The van der Waals surface area contributed by atoms with Gasteiger partial charge in [0.1, 0.15) is 5.00 Å². The van der Waals surface area contributed by atoms with Crippen LogP contribution in [0.2, 0.25) is 0 Å². The smallest absolute Gasteiger partial charge is 0.257 e. The standard InChI is InChI=1S/C28H40N4O4S2/c1-4-14-30-19-13-23-24(20-30)37-27(25(23)28(34)31(15-5-2)16-6-3)29-26(33)21-9-11-22(12-10-21)38(35,36)32-17-7-8-18-32/h9-12H,4-8,13-20H2,1-3H3,(H,29,33). The molecule has 2 aliphatic heterocycles. The molecule has 208 valence electrons. The number of fused-ring (bicyclic) bond motifs is 1. The SMILES string of the molecule is CCCN1CCc2c(sc(NC(=O)c3ccc(S(=O)(=O)N4CCCC4)cc3)c2C(=O)N(CCC)CCC)C1. The summed E-state index contributed by atoms with van der Waals surface area (Å²) in [6.07, 6.45) is 5.34. The Morgan fingerprint density at radius 2 is 1.63 bits per heavy atom. The Kier molecular flexibility index (Phi) is 9.62. The molecule has 0 radical (unpaired) electrons. The van der Waals surface area contributed by atoms with Gasteiger partial charge in [-0.05, 0) is 74.9 Å².